The molecule has 1 heterocycles. The van der Waals surface area contributed by atoms with Gasteiger partial charge in [-0.25, -0.2) is 0 Å². The molecule has 0 radical (unpaired) electrons. The maximum absolute atomic E-state index is 13.6. The predicted molar refractivity (Wildman–Crippen MR) is 65.1 cm³/mol. The third kappa shape index (κ3) is 2.28. The summed E-state index contributed by atoms with van der Waals surface area (Å²) < 4.78 is 13.6. The number of hydrogen-bond donors (Lipinski definition) is 1. The smallest absolute Gasteiger partial charge is 0.327 e. The zero-order chi connectivity index (χ0) is 13.1. The molecule has 1 aliphatic heterocycles. The van der Waals surface area contributed by atoms with E-state index >= 15 is 0 Å². The van der Waals surface area contributed by atoms with E-state index in [0.717, 1.165) is 25.3 Å². The van der Waals surface area contributed by atoms with Gasteiger partial charge in [-0.05, 0) is 31.4 Å². The number of benzene rings is 1. The van der Waals surface area contributed by atoms with E-state index in [1.165, 1.54) is 12.1 Å². The van der Waals surface area contributed by atoms with Crippen LogP contribution in [0, 0.1) is 15.9 Å². The molecule has 1 aliphatic rings. The van der Waals surface area contributed by atoms with E-state index < -0.39 is 16.4 Å². The van der Waals surface area contributed by atoms with Gasteiger partial charge in [0.05, 0.1) is 17.6 Å². The zero-order valence-corrected chi connectivity index (χ0v) is 9.88. The zero-order valence-electron chi connectivity index (χ0n) is 9.88. The van der Waals surface area contributed by atoms with Crippen LogP contribution in [0.2, 0.25) is 0 Å². The maximum Gasteiger partial charge on any atom is 0.327 e. The topological polar surface area (TPSA) is 66.6 Å². The molecule has 0 spiro atoms. The highest BCUT2D eigenvalue weighted by Crippen LogP contribution is 2.34. The number of piperidine rings is 1. The highest BCUT2D eigenvalue weighted by atomic mass is 19.1. The normalized spacial score (nSPS) is 19.9. The molecule has 1 fully saturated rings. The van der Waals surface area contributed by atoms with Crippen molar-refractivity contribution in [3.8, 4) is 0 Å². The summed E-state index contributed by atoms with van der Waals surface area (Å²) in [5.74, 6) is -0.834. The van der Waals surface area contributed by atoms with Crippen molar-refractivity contribution in [3.05, 3.63) is 34.1 Å². The van der Waals surface area contributed by atoms with Crippen LogP contribution in [0.25, 0.3) is 0 Å². The Morgan fingerprint density at radius 3 is 2.94 bits per heavy atom. The first-order valence-corrected chi connectivity index (χ1v) is 5.95. The van der Waals surface area contributed by atoms with Gasteiger partial charge in [-0.15, -0.1) is 0 Å². The second kappa shape index (κ2) is 5.30. The average Bonchev–Trinajstić information content (AvgIpc) is 2.38. The molecular weight excluding hydrogens is 239 g/mol. The van der Waals surface area contributed by atoms with Crippen molar-refractivity contribution in [1.82, 2.24) is 0 Å². The molecule has 6 heteroatoms. The largest absolute Gasteiger partial charge is 0.394 e. The predicted octanol–water partition coefficient (Wildman–Crippen LogP) is 2.09. The van der Waals surface area contributed by atoms with Gasteiger partial charge in [-0.3, -0.25) is 10.1 Å². The van der Waals surface area contributed by atoms with Crippen molar-refractivity contribution in [2.24, 2.45) is 0 Å². The number of rotatable bonds is 3. The summed E-state index contributed by atoms with van der Waals surface area (Å²) in [6.07, 6.45) is 2.64. The summed E-state index contributed by atoms with van der Waals surface area (Å²) in [5, 5.41) is 20.3. The number of aliphatic hydroxyl groups excluding tert-OH is 1. The lowest BCUT2D eigenvalue weighted by Crippen LogP contribution is -2.42. The van der Waals surface area contributed by atoms with E-state index in [0.29, 0.717) is 6.54 Å². The minimum absolute atomic E-state index is 0.0757. The van der Waals surface area contributed by atoms with E-state index in [1.54, 1.807) is 4.90 Å². The van der Waals surface area contributed by atoms with Crippen LogP contribution >= 0.6 is 0 Å². The summed E-state index contributed by atoms with van der Waals surface area (Å²) in [6, 6.07) is 3.91. The third-order valence-corrected chi connectivity index (χ3v) is 3.30. The molecule has 18 heavy (non-hydrogen) atoms. The van der Waals surface area contributed by atoms with Gasteiger partial charge in [0.1, 0.15) is 5.69 Å². The van der Waals surface area contributed by atoms with E-state index in [-0.39, 0.29) is 18.3 Å². The van der Waals surface area contributed by atoms with Crippen LogP contribution in [-0.4, -0.2) is 29.2 Å². The van der Waals surface area contributed by atoms with Crippen LogP contribution in [0.15, 0.2) is 18.2 Å². The number of nitrogens with zero attached hydrogens (tertiary/aromatic N) is 2. The fourth-order valence-electron chi connectivity index (χ4n) is 2.42. The van der Waals surface area contributed by atoms with Crippen LogP contribution in [0.3, 0.4) is 0 Å². The molecule has 1 aromatic rings. The highest BCUT2D eigenvalue weighted by molar-refractivity contribution is 5.64. The van der Waals surface area contributed by atoms with Crippen molar-refractivity contribution in [1.29, 1.82) is 0 Å². The summed E-state index contributed by atoms with van der Waals surface area (Å²) in [7, 11) is 0. The Kier molecular flexibility index (Phi) is 3.76. The molecule has 0 aromatic heterocycles. The minimum Gasteiger partial charge on any atom is -0.394 e. The maximum atomic E-state index is 13.6. The van der Waals surface area contributed by atoms with Gasteiger partial charge >= 0.3 is 5.69 Å². The minimum atomic E-state index is -0.834. The molecule has 1 N–H and O–H groups in total. The number of hydrogen-bond acceptors (Lipinski definition) is 4. The summed E-state index contributed by atoms with van der Waals surface area (Å²) in [4.78, 5) is 12.0. The number of aliphatic hydroxyl groups is 1. The van der Waals surface area contributed by atoms with Gasteiger partial charge < -0.3 is 10.0 Å². The number of nitro groups is 1. The van der Waals surface area contributed by atoms with Gasteiger partial charge in [0.15, 0.2) is 0 Å². The summed E-state index contributed by atoms with van der Waals surface area (Å²) in [5.41, 5.74) is -0.239. The third-order valence-electron chi connectivity index (χ3n) is 3.30. The Morgan fingerprint density at radius 2 is 2.28 bits per heavy atom. The first-order valence-electron chi connectivity index (χ1n) is 5.95. The Labute approximate surface area is 104 Å². The van der Waals surface area contributed by atoms with Crippen LogP contribution < -0.4 is 4.90 Å². The molecule has 1 unspecified atom stereocenters. The molecular formula is C12H15FN2O3. The molecule has 0 bridgehead atoms. The molecule has 1 aromatic carbocycles. The van der Waals surface area contributed by atoms with Crippen molar-refractivity contribution in [2.75, 3.05) is 18.1 Å². The average molecular weight is 254 g/mol. The monoisotopic (exact) mass is 254 g/mol. The van der Waals surface area contributed by atoms with Crippen molar-refractivity contribution in [2.45, 2.75) is 25.3 Å². The summed E-state index contributed by atoms with van der Waals surface area (Å²) >= 11 is 0. The van der Waals surface area contributed by atoms with E-state index in [2.05, 4.69) is 0 Å². The number of anilines is 1. The molecule has 98 valence electrons. The SMILES string of the molecule is O=[N+]([O-])c1c(F)cccc1N1CCCCC1CO. The van der Waals surface area contributed by atoms with Crippen molar-refractivity contribution >= 4 is 11.4 Å². The molecule has 0 saturated carbocycles. The van der Waals surface area contributed by atoms with Gasteiger partial charge in [0.25, 0.3) is 0 Å². The molecule has 0 amide bonds. The lowest BCUT2D eigenvalue weighted by Gasteiger charge is -2.36. The first-order chi connectivity index (χ1) is 8.65. The second-order valence-corrected chi connectivity index (χ2v) is 4.39. The van der Waals surface area contributed by atoms with Crippen LogP contribution in [0.4, 0.5) is 15.8 Å². The van der Waals surface area contributed by atoms with Gasteiger partial charge in [0, 0.05) is 6.54 Å². The molecule has 1 atom stereocenters. The quantitative estimate of drug-likeness (QED) is 0.662. The number of nitro benzene ring substituents is 1. The van der Waals surface area contributed by atoms with Crippen LogP contribution in [0.1, 0.15) is 19.3 Å². The van der Waals surface area contributed by atoms with E-state index in [1.807, 2.05) is 0 Å². The van der Waals surface area contributed by atoms with E-state index in [9.17, 15) is 19.6 Å². The van der Waals surface area contributed by atoms with Crippen molar-refractivity contribution in [3.63, 3.8) is 0 Å². The molecule has 1 saturated heterocycles. The van der Waals surface area contributed by atoms with Gasteiger partial charge in [0.2, 0.25) is 5.82 Å². The lowest BCUT2D eigenvalue weighted by atomic mass is 10.0. The highest BCUT2D eigenvalue weighted by Gasteiger charge is 2.29. The van der Waals surface area contributed by atoms with Crippen LogP contribution in [0.5, 0.6) is 0 Å². The molecule has 0 aliphatic carbocycles. The second-order valence-electron chi connectivity index (χ2n) is 4.39. The van der Waals surface area contributed by atoms with Crippen molar-refractivity contribution < 1.29 is 14.4 Å². The number of halogens is 1. The van der Waals surface area contributed by atoms with Gasteiger partial charge in [-0.1, -0.05) is 6.07 Å². The Bertz CT molecular complexity index is 453. The lowest BCUT2D eigenvalue weighted by molar-refractivity contribution is -0.386. The standard InChI is InChI=1S/C12H15FN2O3/c13-10-5-3-6-11(12(10)15(17)18)14-7-2-1-4-9(14)8-16/h3,5-6,9,16H,1-2,4,7-8H2. The molecule has 5 nitrogen and oxygen atoms in total. The Morgan fingerprint density at radius 1 is 1.50 bits per heavy atom. The first kappa shape index (κ1) is 12.8. The van der Waals surface area contributed by atoms with Crippen LogP contribution in [-0.2, 0) is 0 Å². The number of para-hydroxylation sites is 1. The summed E-state index contributed by atoms with van der Waals surface area (Å²) in [6.45, 7) is 0.531. The van der Waals surface area contributed by atoms with Gasteiger partial charge in [-0.2, -0.15) is 4.39 Å². The Hall–Kier alpha value is -1.69. The fraction of sp³-hybridized carbons (Fsp3) is 0.500. The Balaban J connectivity index is 2.42. The fourth-order valence-corrected chi connectivity index (χ4v) is 2.42. The molecule has 2 rings (SSSR count). The van der Waals surface area contributed by atoms with E-state index in [4.69, 9.17) is 0 Å².